The first-order valence-electron chi connectivity index (χ1n) is 5.89. The molecule has 1 amide bonds. The zero-order valence-electron chi connectivity index (χ0n) is 10.3. The van der Waals surface area contributed by atoms with Crippen LogP contribution < -0.4 is 11.1 Å². The lowest BCUT2D eigenvalue weighted by atomic mass is 10.1. The molecule has 4 N–H and O–H groups in total. The molecule has 0 aliphatic heterocycles. The van der Waals surface area contributed by atoms with Crippen LogP contribution >= 0.6 is 0 Å². The number of benzene rings is 1. The van der Waals surface area contributed by atoms with Gasteiger partial charge in [-0.3, -0.25) is 4.79 Å². The first-order valence-corrected chi connectivity index (χ1v) is 5.89. The molecule has 0 aliphatic rings. The normalized spacial score (nSPS) is 14.1. The number of hydrogen-bond acceptors (Lipinski definition) is 3. The van der Waals surface area contributed by atoms with Gasteiger partial charge in [-0.1, -0.05) is 25.5 Å². The Balaban J connectivity index is 2.60. The van der Waals surface area contributed by atoms with Gasteiger partial charge in [0.05, 0.1) is 12.1 Å². The number of nitrogens with one attached hydrogen (secondary N) is 1. The molecule has 0 radical (unpaired) electrons. The Morgan fingerprint density at radius 3 is 2.82 bits per heavy atom. The van der Waals surface area contributed by atoms with Crippen LogP contribution in [0.4, 0.5) is 0 Å². The summed E-state index contributed by atoms with van der Waals surface area (Å²) in [5.74, 6) is 0.0455. The van der Waals surface area contributed by atoms with Crippen LogP contribution in [0.25, 0.3) is 0 Å². The molecule has 0 aromatic heterocycles. The molecule has 2 unspecified atom stereocenters. The molecule has 1 aromatic carbocycles. The highest BCUT2D eigenvalue weighted by Gasteiger charge is 2.15. The second-order valence-electron chi connectivity index (χ2n) is 4.22. The molecule has 0 saturated carbocycles. The number of phenolic OH excluding ortho intramolecular Hbond substituents is 1. The highest BCUT2D eigenvalue weighted by Crippen LogP contribution is 2.17. The SMILES string of the molecule is CCCC(N)C(=O)NC(C)c1cccc(O)c1. The Labute approximate surface area is 102 Å². The third kappa shape index (κ3) is 4.07. The molecule has 0 aliphatic carbocycles. The zero-order valence-corrected chi connectivity index (χ0v) is 10.3. The van der Waals surface area contributed by atoms with Gasteiger partial charge in [0.15, 0.2) is 0 Å². The summed E-state index contributed by atoms with van der Waals surface area (Å²) in [6.45, 7) is 3.86. The Morgan fingerprint density at radius 1 is 1.53 bits per heavy atom. The van der Waals surface area contributed by atoms with E-state index in [4.69, 9.17) is 5.73 Å². The van der Waals surface area contributed by atoms with Crippen LogP contribution in [-0.2, 0) is 4.79 Å². The smallest absolute Gasteiger partial charge is 0.237 e. The van der Waals surface area contributed by atoms with Crippen molar-refractivity contribution in [1.82, 2.24) is 5.32 Å². The van der Waals surface area contributed by atoms with Gasteiger partial charge >= 0.3 is 0 Å². The topological polar surface area (TPSA) is 75.4 Å². The number of rotatable bonds is 5. The molecular formula is C13H20N2O2. The second-order valence-corrected chi connectivity index (χ2v) is 4.22. The highest BCUT2D eigenvalue weighted by atomic mass is 16.3. The summed E-state index contributed by atoms with van der Waals surface area (Å²) in [5.41, 5.74) is 6.59. The molecule has 94 valence electrons. The number of nitrogens with two attached hydrogens (primary N) is 1. The van der Waals surface area contributed by atoms with E-state index in [2.05, 4.69) is 5.32 Å². The molecule has 0 fully saturated rings. The van der Waals surface area contributed by atoms with Crippen LogP contribution in [0.5, 0.6) is 5.75 Å². The lowest BCUT2D eigenvalue weighted by molar-refractivity contribution is -0.123. The quantitative estimate of drug-likeness (QED) is 0.728. The molecule has 0 saturated heterocycles. The van der Waals surface area contributed by atoms with Crippen LogP contribution in [-0.4, -0.2) is 17.1 Å². The van der Waals surface area contributed by atoms with Crippen molar-refractivity contribution in [3.05, 3.63) is 29.8 Å². The maximum absolute atomic E-state index is 11.7. The summed E-state index contributed by atoms with van der Waals surface area (Å²) >= 11 is 0. The number of carbonyl (C=O) groups is 1. The molecular weight excluding hydrogens is 216 g/mol. The largest absolute Gasteiger partial charge is 0.508 e. The van der Waals surface area contributed by atoms with E-state index in [1.54, 1.807) is 18.2 Å². The molecule has 4 nitrogen and oxygen atoms in total. The van der Waals surface area contributed by atoms with E-state index >= 15 is 0 Å². The van der Waals surface area contributed by atoms with Gasteiger partial charge in [-0.2, -0.15) is 0 Å². The number of phenols is 1. The monoisotopic (exact) mass is 236 g/mol. The van der Waals surface area contributed by atoms with E-state index in [0.29, 0.717) is 6.42 Å². The minimum atomic E-state index is -0.459. The molecule has 0 bridgehead atoms. The Kier molecular flexibility index (Phi) is 4.97. The van der Waals surface area contributed by atoms with Crippen LogP contribution in [0, 0.1) is 0 Å². The van der Waals surface area contributed by atoms with Crippen LogP contribution in [0.1, 0.15) is 38.3 Å². The third-order valence-corrected chi connectivity index (χ3v) is 2.67. The van der Waals surface area contributed by atoms with Gasteiger partial charge in [-0.05, 0) is 31.0 Å². The first kappa shape index (κ1) is 13.5. The fourth-order valence-electron chi connectivity index (χ4n) is 1.64. The fraction of sp³-hybridized carbons (Fsp3) is 0.462. The maximum atomic E-state index is 11.7. The van der Waals surface area contributed by atoms with Crippen LogP contribution in [0.2, 0.25) is 0 Å². The Hall–Kier alpha value is -1.55. The average molecular weight is 236 g/mol. The van der Waals surface area contributed by atoms with Crippen molar-refractivity contribution in [2.24, 2.45) is 5.73 Å². The predicted octanol–water partition coefficient (Wildman–Crippen LogP) is 1.70. The number of carbonyl (C=O) groups excluding carboxylic acids is 1. The third-order valence-electron chi connectivity index (χ3n) is 2.67. The summed E-state index contributed by atoms with van der Waals surface area (Å²) in [6.07, 6.45) is 1.56. The van der Waals surface area contributed by atoms with Gasteiger partial charge in [-0.15, -0.1) is 0 Å². The lowest BCUT2D eigenvalue weighted by Crippen LogP contribution is -2.41. The summed E-state index contributed by atoms with van der Waals surface area (Å²) in [5, 5.41) is 12.2. The van der Waals surface area contributed by atoms with E-state index in [1.165, 1.54) is 0 Å². The Bertz CT molecular complexity index is 379. The minimum absolute atomic E-state index is 0.150. The molecule has 0 heterocycles. The zero-order chi connectivity index (χ0) is 12.8. The van der Waals surface area contributed by atoms with Crippen LogP contribution in [0.15, 0.2) is 24.3 Å². The fourth-order valence-corrected chi connectivity index (χ4v) is 1.64. The van der Waals surface area contributed by atoms with Crippen molar-refractivity contribution in [3.8, 4) is 5.75 Å². The second kappa shape index (κ2) is 6.25. The van der Waals surface area contributed by atoms with Crippen molar-refractivity contribution >= 4 is 5.91 Å². The Morgan fingerprint density at radius 2 is 2.24 bits per heavy atom. The van der Waals surface area contributed by atoms with Crippen molar-refractivity contribution in [2.45, 2.75) is 38.8 Å². The van der Waals surface area contributed by atoms with Gasteiger partial charge in [-0.25, -0.2) is 0 Å². The van der Waals surface area contributed by atoms with Crippen molar-refractivity contribution in [3.63, 3.8) is 0 Å². The first-order chi connectivity index (χ1) is 8.04. The van der Waals surface area contributed by atoms with E-state index in [0.717, 1.165) is 12.0 Å². The predicted molar refractivity (Wildman–Crippen MR) is 67.5 cm³/mol. The summed E-state index contributed by atoms with van der Waals surface area (Å²) in [6, 6.07) is 6.23. The van der Waals surface area contributed by atoms with Crippen molar-refractivity contribution < 1.29 is 9.90 Å². The molecule has 1 rings (SSSR count). The number of amides is 1. The molecule has 2 atom stereocenters. The summed E-state index contributed by atoms with van der Waals surface area (Å²) in [4.78, 5) is 11.7. The summed E-state index contributed by atoms with van der Waals surface area (Å²) < 4.78 is 0. The standard InChI is InChI=1S/C13H20N2O2/c1-3-5-12(14)13(17)15-9(2)10-6-4-7-11(16)8-10/h4,6-9,12,16H,3,5,14H2,1-2H3,(H,15,17). The average Bonchev–Trinajstić information content (AvgIpc) is 2.29. The van der Waals surface area contributed by atoms with Gasteiger partial charge in [0.25, 0.3) is 0 Å². The van der Waals surface area contributed by atoms with Crippen molar-refractivity contribution in [1.29, 1.82) is 0 Å². The van der Waals surface area contributed by atoms with Gasteiger partial charge in [0, 0.05) is 0 Å². The molecule has 0 spiro atoms. The molecule has 17 heavy (non-hydrogen) atoms. The van der Waals surface area contributed by atoms with Gasteiger partial charge in [0.1, 0.15) is 5.75 Å². The molecule has 1 aromatic rings. The molecule has 4 heteroatoms. The van der Waals surface area contributed by atoms with E-state index in [-0.39, 0.29) is 17.7 Å². The van der Waals surface area contributed by atoms with E-state index in [9.17, 15) is 9.90 Å². The summed E-state index contributed by atoms with van der Waals surface area (Å²) in [7, 11) is 0. The number of hydrogen-bond donors (Lipinski definition) is 3. The van der Waals surface area contributed by atoms with E-state index < -0.39 is 6.04 Å². The van der Waals surface area contributed by atoms with Crippen molar-refractivity contribution in [2.75, 3.05) is 0 Å². The minimum Gasteiger partial charge on any atom is -0.508 e. The highest BCUT2D eigenvalue weighted by molar-refractivity contribution is 5.81. The van der Waals surface area contributed by atoms with Gasteiger partial charge < -0.3 is 16.2 Å². The maximum Gasteiger partial charge on any atom is 0.237 e. The van der Waals surface area contributed by atoms with Gasteiger partial charge in [0.2, 0.25) is 5.91 Å². The number of aromatic hydroxyl groups is 1. The van der Waals surface area contributed by atoms with Crippen LogP contribution in [0.3, 0.4) is 0 Å². The van der Waals surface area contributed by atoms with E-state index in [1.807, 2.05) is 19.9 Å². The lowest BCUT2D eigenvalue weighted by Gasteiger charge is -2.17.